The summed E-state index contributed by atoms with van der Waals surface area (Å²) in [6.45, 7) is 0. The maximum atomic E-state index is 12.3. The Bertz CT molecular complexity index is 682. The zero-order chi connectivity index (χ0) is 14.1. The van der Waals surface area contributed by atoms with Gasteiger partial charge in [0.1, 0.15) is 6.10 Å². The number of thioether (sulfide) groups is 1. The number of nitrogens with zero attached hydrogens (tertiary/aromatic N) is 2. The maximum Gasteiger partial charge on any atom is 0.260 e. The van der Waals surface area contributed by atoms with Gasteiger partial charge in [-0.25, -0.2) is 0 Å². The third kappa shape index (κ3) is 2.22. The second-order valence-corrected chi connectivity index (χ2v) is 5.58. The average Bonchev–Trinajstić information content (AvgIpc) is 2.51. The first kappa shape index (κ1) is 13.2. The number of aromatic nitrogens is 2. The molecule has 1 aromatic heterocycles. The van der Waals surface area contributed by atoms with E-state index in [-0.39, 0.29) is 11.7 Å². The van der Waals surface area contributed by atoms with Crippen molar-refractivity contribution in [2.24, 2.45) is 7.05 Å². The first-order valence-electron chi connectivity index (χ1n) is 6.56. The van der Waals surface area contributed by atoms with Crippen LogP contribution < -0.4 is 10.3 Å². The van der Waals surface area contributed by atoms with Gasteiger partial charge in [-0.05, 0) is 24.7 Å². The highest BCUT2D eigenvalue weighted by Gasteiger charge is 2.26. The third-order valence-electron chi connectivity index (χ3n) is 3.57. The summed E-state index contributed by atoms with van der Waals surface area (Å²) in [5.41, 5.74) is 1.83. The summed E-state index contributed by atoms with van der Waals surface area (Å²) in [5.74, 6) is 0.498. The van der Waals surface area contributed by atoms with Crippen LogP contribution in [-0.2, 0) is 13.5 Å². The van der Waals surface area contributed by atoms with E-state index in [0.717, 1.165) is 12.0 Å². The normalized spacial score (nSPS) is 17.4. The quantitative estimate of drug-likeness (QED) is 0.629. The molecule has 1 aromatic carbocycles. The first-order chi connectivity index (χ1) is 9.70. The lowest BCUT2D eigenvalue weighted by atomic mass is 10.00. The van der Waals surface area contributed by atoms with E-state index < -0.39 is 0 Å². The third-order valence-corrected chi connectivity index (χ3v) is 4.30. The van der Waals surface area contributed by atoms with Crippen LogP contribution in [0.2, 0.25) is 0 Å². The zero-order valence-corrected chi connectivity index (χ0v) is 12.3. The Morgan fingerprint density at radius 2 is 2.10 bits per heavy atom. The molecular formula is C15H16N2O2S. The van der Waals surface area contributed by atoms with Crippen LogP contribution in [0.1, 0.15) is 23.7 Å². The van der Waals surface area contributed by atoms with Crippen LogP contribution in [-0.4, -0.2) is 15.8 Å². The van der Waals surface area contributed by atoms with E-state index in [4.69, 9.17) is 4.74 Å². The molecular weight excluding hydrogens is 272 g/mol. The van der Waals surface area contributed by atoms with Crippen molar-refractivity contribution >= 4 is 11.8 Å². The molecule has 0 aliphatic carbocycles. The van der Waals surface area contributed by atoms with Gasteiger partial charge in [0.15, 0.2) is 5.16 Å². The van der Waals surface area contributed by atoms with Crippen LogP contribution in [0.25, 0.3) is 0 Å². The molecule has 1 atom stereocenters. The van der Waals surface area contributed by atoms with E-state index in [0.29, 0.717) is 23.0 Å². The van der Waals surface area contributed by atoms with Crippen LogP contribution >= 0.6 is 11.8 Å². The molecule has 104 valence electrons. The van der Waals surface area contributed by atoms with Gasteiger partial charge in [-0.15, -0.1) is 0 Å². The Labute approximate surface area is 121 Å². The van der Waals surface area contributed by atoms with Crippen molar-refractivity contribution in [1.82, 2.24) is 9.55 Å². The lowest BCUT2D eigenvalue weighted by Gasteiger charge is -2.25. The average molecular weight is 288 g/mol. The van der Waals surface area contributed by atoms with Gasteiger partial charge in [-0.2, -0.15) is 4.98 Å². The second-order valence-electron chi connectivity index (χ2n) is 4.80. The van der Waals surface area contributed by atoms with Gasteiger partial charge >= 0.3 is 0 Å². The van der Waals surface area contributed by atoms with Gasteiger partial charge in [0.2, 0.25) is 5.88 Å². The summed E-state index contributed by atoms with van der Waals surface area (Å²) in [6.07, 6.45) is 3.42. The minimum Gasteiger partial charge on any atom is -0.469 e. The highest BCUT2D eigenvalue weighted by molar-refractivity contribution is 7.98. The Balaban J connectivity index is 1.99. The molecule has 3 rings (SSSR count). The van der Waals surface area contributed by atoms with Gasteiger partial charge in [-0.3, -0.25) is 9.36 Å². The molecule has 1 aliphatic heterocycles. The fourth-order valence-electron chi connectivity index (χ4n) is 2.48. The Hall–Kier alpha value is -1.75. The van der Waals surface area contributed by atoms with E-state index in [1.54, 1.807) is 11.6 Å². The SMILES string of the molecule is CSc1nc2c(c(=O)n1C)CC[C@H](c1ccccc1)O2. The Kier molecular flexibility index (Phi) is 3.53. The topological polar surface area (TPSA) is 44.1 Å². The maximum absolute atomic E-state index is 12.3. The van der Waals surface area contributed by atoms with Crippen molar-refractivity contribution in [1.29, 1.82) is 0 Å². The van der Waals surface area contributed by atoms with Crippen LogP contribution in [0, 0.1) is 0 Å². The Morgan fingerprint density at radius 1 is 1.35 bits per heavy atom. The monoisotopic (exact) mass is 288 g/mol. The summed E-state index contributed by atoms with van der Waals surface area (Å²) >= 11 is 1.45. The number of benzene rings is 1. The largest absolute Gasteiger partial charge is 0.469 e. The lowest BCUT2D eigenvalue weighted by Crippen LogP contribution is -2.29. The van der Waals surface area contributed by atoms with Gasteiger partial charge in [-0.1, -0.05) is 42.1 Å². The minimum atomic E-state index is -0.0157. The van der Waals surface area contributed by atoms with Crippen LogP contribution in [0.4, 0.5) is 0 Å². The molecule has 4 nitrogen and oxygen atoms in total. The van der Waals surface area contributed by atoms with E-state index in [1.807, 2.05) is 36.6 Å². The van der Waals surface area contributed by atoms with Gasteiger partial charge in [0.25, 0.3) is 5.56 Å². The molecule has 0 saturated carbocycles. The summed E-state index contributed by atoms with van der Waals surface area (Å²) in [4.78, 5) is 16.7. The summed E-state index contributed by atoms with van der Waals surface area (Å²) < 4.78 is 7.55. The molecule has 0 saturated heterocycles. The standard InChI is InChI=1S/C15H16N2O2S/c1-17-14(18)11-8-9-12(10-6-4-3-5-7-10)19-13(11)16-15(17)20-2/h3-7,12H,8-9H2,1-2H3/t12-/m1/s1. The molecule has 0 N–H and O–H groups in total. The van der Waals surface area contributed by atoms with Crippen LogP contribution in [0.3, 0.4) is 0 Å². The molecule has 5 heteroatoms. The van der Waals surface area contributed by atoms with E-state index >= 15 is 0 Å². The highest BCUT2D eigenvalue weighted by Crippen LogP contribution is 2.32. The van der Waals surface area contributed by atoms with Crippen molar-refractivity contribution in [3.05, 3.63) is 51.8 Å². The Morgan fingerprint density at radius 3 is 2.80 bits per heavy atom. The molecule has 0 radical (unpaired) electrons. The predicted molar refractivity (Wildman–Crippen MR) is 79.4 cm³/mol. The van der Waals surface area contributed by atoms with E-state index in [2.05, 4.69) is 4.98 Å². The fourth-order valence-corrected chi connectivity index (χ4v) is 3.01. The number of hydrogen-bond donors (Lipinski definition) is 0. The van der Waals surface area contributed by atoms with E-state index in [1.165, 1.54) is 11.8 Å². The molecule has 20 heavy (non-hydrogen) atoms. The van der Waals surface area contributed by atoms with Crippen molar-refractivity contribution in [2.45, 2.75) is 24.1 Å². The predicted octanol–water partition coefficient (Wildman–Crippen LogP) is 2.57. The smallest absolute Gasteiger partial charge is 0.260 e. The van der Waals surface area contributed by atoms with Crippen molar-refractivity contribution in [3.8, 4) is 5.88 Å². The lowest BCUT2D eigenvalue weighted by molar-refractivity contribution is 0.163. The van der Waals surface area contributed by atoms with Crippen LogP contribution in [0.5, 0.6) is 5.88 Å². The molecule has 0 bridgehead atoms. The number of hydrogen-bond acceptors (Lipinski definition) is 4. The zero-order valence-electron chi connectivity index (χ0n) is 11.5. The van der Waals surface area contributed by atoms with Gasteiger partial charge in [0.05, 0.1) is 5.56 Å². The number of fused-ring (bicyclic) bond motifs is 1. The molecule has 0 spiro atoms. The minimum absolute atomic E-state index is 0.00543. The summed E-state index contributed by atoms with van der Waals surface area (Å²) in [7, 11) is 1.75. The van der Waals surface area contributed by atoms with Gasteiger partial charge < -0.3 is 4.74 Å². The van der Waals surface area contributed by atoms with Crippen molar-refractivity contribution in [2.75, 3.05) is 6.26 Å². The molecule has 2 heterocycles. The van der Waals surface area contributed by atoms with Crippen molar-refractivity contribution in [3.63, 3.8) is 0 Å². The number of ether oxygens (including phenoxy) is 1. The highest BCUT2D eigenvalue weighted by atomic mass is 32.2. The summed E-state index contributed by atoms with van der Waals surface area (Å²) in [6, 6.07) is 10.1. The molecule has 2 aromatic rings. The molecule has 1 aliphatic rings. The van der Waals surface area contributed by atoms with E-state index in [9.17, 15) is 4.79 Å². The molecule has 0 amide bonds. The summed E-state index contributed by atoms with van der Waals surface area (Å²) in [5, 5.41) is 0.683. The first-order valence-corrected chi connectivity index (χ1v) is 7.78. The molecule has 0 fully saturated rings. The fraction of sp³-hybridized carbons (Fsp3) is 0.333. The van der Waals surface area contributed by atoms with Gasteiger partial charge in [0, 0.05) is 7.05 Å². The second kappa shape index (κ2) is 5.32. The number of rotatable bonds is 2. The van der Waals surface area contributed by atoms with Crippen molar-refractivity contribution < 1.29 is 4.74 Å². The molecule has 0 unspecified atom stereocenters. The van der Waals surface area contributed by atoms with Crippen LogP contribution in [0.15, 0.2) is 40.3 Å².